The lowest BCUT2D eigenvalue weighted by Crippen LogP contribution is -2.41. The molecule has 1 aliphatic rings. The van der Waals surface area contributed by atoms with E-state index in [-0.39, 0.29) is 17.8 Å². The first kappa shape index (κ1) is 16.2. The lowest BCUT2D eigenvalue weighted by molar-refractivity contribution is -0.114. The van der Waals surface area contributed by atoms with Gasteiger partial charge in [-0.15, -0.1) is 0 Å². The molecule has 2 aromatic rings. The van der Waals surface area contributed by atoms with Crippen LogP contribution in [0.5, 0.6) is 5.75 Å². The first-order valence-corrected chi connectivity index (χ1v) is 8.02. The fourth-order valence-electron chi connectivity index (χ4n) is 3.02. The Morgan fingerprint density at radius 3 is 2.71 bits per heavy atom. The maximum Gasteiger partial charge on any atom is 0.251 e. The van der Waals surface area contributed by atoms with Crippen LogP contribution in [0.4, 0.5) is 10.1 Å². The molecule has 1 aliphatic heterocycles. The molecule has 0 saturated carbocycles. The van der Waals surface area contributed by atoms with Crippen LogP contribution in [0.3, 0.4) is 0 Å². The zero-order valence-corrected chi connectivity index (χ0v) is 13.8. The summed E-state index contributed by atoms with van der Waals surface area (Å²) in [5.74, 6) is 0.425. The zero-order valence-electron chi connectivity index (χ0n) is 13.8. The van der Waals surface area contributed by atoms with Crippen LogP contribution in [0.2, 0.25) is 0 Å². The number of rotatable bonds is 3. The fraction of sp³-hybridized carbons (Fsp3) is 0.250. The lowest BCUT2D eigenvalue weighted by atomic mass is 9.96. The SMILES string of the molecule is COc1ccc(/C=C/C(=O)N2c3ccc(F)cc3CC[C@@H]2C)cc1. The topological polar surface area (TPSA) is 29.5 Å². The van der Waals surface area contributed by atoms with Crippen molar-refractivity contribution in [2.24, 2.45) is 0 Å². The van der Waals surface area contributed by atoms with Crippen LogP contribution in [0, 0.1) is 5.82 Å². The van der Waals surface area contributed by atoms with Gasteiger partial charge in [0.15, 0.2) is 0 Å². The maximum absolute atomic E-state index is 13.4. The largest absolute Gasteiger partial charge is 0.497 e. The van der Waals surface area contributed by atoms with Crippen LogP contribution in [0.15, 0.2) is 48.5 Å². The number of ether oxygens (including phenoxy) is 1. The number of carbonyl (C=O) groups is 1. The van der Waals surface area contributed by atoms with Crippen molar-refractivity contribution in [2.75, 3.05) is 12.0 Å². The van der Waals surface area contributed by atoms with Gasteiger partial charge in [-0.3, -0.25) is 4.79 Å². The fourth-order valence-corrected chi connectivity index (χ4v) is 3.02. The highest BCUT2D eigenvalue weighted by Crippen LogP contribution is 2.31. The van der Waals surface area contributed by atoms with Crippen LogP contribution >= 0.6 is 0 Å². The number of fused-ring (bicyclic) bond motifs is 1. The van der Waals surface area contributed by atoms with E-state index in [1.807, 2.05) is 31.2 Å². The lowest BCUT2D eigenvalue weighted by Gasteiger charge is -2.34. The summed E-state index contributed by atoms with van der Waals surface area (Å²) in [4.78, 5) is 14.4. The summed E-state index contributed by atoms with van der Waals surface area (Å²) in [6.45, 7) is 2.02. The van der Waals surface area contributed by atoms with Gasteiger partial charge in [0.1, 0.15) is 11.6 Å². The van der Waals surface area contributed by atoms with Crippen LogP contribution in [-0.4, -0.2) is 19.1 Å². The molecule has 0 N–H and O–H groups in total. The standard InChI is InChI=1S/C20H20FNO2/c1-14-3-7-16-13-17(21)8-11-19(16)22(14)20(23)12-6-15-4-9-18(24-2)10-5-15/h4-6,8-14H,3,7H2,1-2H3/b12-6+/t14-/m0/s1. The second kappa shape index (κ2) is 6.87. The van der Waals surface area contributed by atoms with Crippen molar-refractivity contribution in [2.45, 2.75) is 25.8 Å². The summed E-state index contributed by atoms with van der Waals surface area (Å²) in [6, 6.07) is 12.2. The molecule has 1 heterocycles. The van der Waals surface area contributed by atoms with Gasteiger partial charge in [0, 0.05) is 17.8 Å². The number of hydrogen-bond acceptors (Lipinski definition) is 2. The summed E-state index contributed by atoms with van der Waals surface area (Å²) in [6.07, 6.45) is 4.97. The molecule has 0 fully saturated rings. The van der Waals surface area contributed by atoms with E-state index >= 15 is 0 Å². The van der Waals surface area contributed by atoms with E-state index in [9.17, 15) is 9.18 Å². The summed E-state index contributed by atoms with van der Waals surface area (Å²) >= 11 is 0. The van der Waals surface area contributed by atoms with Crippen LogP contribution < -0.4 is 9.64 Å². The van der Waals surface area contributed by atoms with Gasteiger partial charge in [-0.25, -0.2) is 4.39 Å². The van der Waals surface area contributed by atoms with Gasteiger partial charge in [0.2, 0.25) is 0 Å². The normalized spacial score (nSPS) is 17.0. The van der Waals surface area contributed by atoms with Crippen LogP contribution in [-0.2, 0) is 11.2 Å². The van der Waals surface area contributed by atoms with E-state index in [4.69, 9.17) is 4.74 Å². The van der Waals surface area contributed by atoms with Crippen molar-refractivity contribution in [1.29, 1.82) is 0 Å². The minimum absolute atomic E-state index is 0.0918. The average molecular weight is 325 g/mol. The molecular formula is C20H20FNO2. The van der Waals surface area contributed by atoms with E-state index in [0.717, 1.165) is 35.4 Å². The average Bonchev–Trinajstić information content (AvgIpc) is 2.60. The molecular weight excluding hydrogens is 305 g/mol. The number of halogens is 1. The summed E-state index contributed by atoms with van der Waals surface area (Å²) in [7, 11) is 1.62. The molecule has 3 nitrogen and oxygen atoms in total. The smallest absolute Gasteiger partial charge is 0.251 e. The summed E-state index contributed by atoms with van der Waals surface area (Å²) < 4.78 is 18.5. The first-order chi connectivity index (χ1) is 11.6. The summed E-state index contributed by atoms with van der Waals surface area (Å²) in [5, 5.41) is 0. The molecule has 0 aromatic heterocycles. The minimum Gasteiger partial charge on any atom is -0.497 e. The molecule has 124 valence electrons. The number of nitrogens with zero attached hydrogens (tertiary/aromatic N) is 1. The van der Waals surface area contributed by atoms with E-state index in [2.05, 4.69) is 0 Å². The van der Waals surface area contributed by atoms with Crippen molar-refractivity contribution in [3.8, 4) is 5.75 Å². The Morgan fingerprint density at radius 2 is 2.00 bits per heavy atom. The number of methoxy groups -OCH3 is 1. The Kier molecular flexibility index (Phi) is 4.65. The Hall–Kier alpha value is -2.62. The van der Waals surface area contributed by atoms with Crippen molar-refractivity contribution in [1.82, 2.24) is 0 Å². The van der Waals surface area contributed by atoms with E-state index in [0.29, 0.717) is 0 Å². The molecule has 0 saturated heterocycles. The third-order valence-electron chi connectivity index (χ3n) is 4.34. The van der Waals surface area contributed by atoms with E-state index < -0.39 is 0 Å². The molecule has 4 heteroatoms. The zero-order chi connectivity index (χ0) is 17.1. The molecule has 3 rings (SSSR count). The third-order valence-corrected chi connectivity index (χ3v) is 4.34. The van der Waals surface area contributed by atoms with Crippen LogP contribution in [0.1, 0.15) is 24.5 Å². The Balaban J connectivity index is 1.82. The van der Waals surface area contributed by atoms with Crippen molar-refractivity contribution in [3.63, 3.8) is 0 Å². The first-order valence-electron chi connectivity index (χ1n) is 8.02. The van der Waals surface area contributed by atoms with Gasteiger partial charge in [-0.05, 0) is 67.3 Å². The minimum atomic E-state index is -0.260. The highest BCUT2D eigenvalue weighted by Gasteiger charge is 2.27. The van der Waals surface area contributed by atoms with E-state index in [1.54, 1.807) is 30.2 Å². The quantitative estimate of drug-likeness (QED) is 0.791. The maximum atomic E-state index is 13.4. The number of aryl methyl sites for hydroxylation is 1. The van der Waals surface area contributed by atoms with Crippen molar-refractivity contribution in [3.05, 3.63) is 65.5 Å². The highest BCUT2D eigenvalue weighted by molar-refractivity contribution is 6.05. The molecule has 0 bridgehead atoms. The predicted molar refractivity (Wildman–Crippen MR) is 93.7 cm³/mol. The summed E-state index contributed by atoms with van der Waals surface area (Å²) in [5.41, 5.74) is 2.62. The Labute approximate surface area is 141 Å². The third kappa shape index (κ3) is 3.32. The highest BCUT2D eigenvalue weighted by atomic mass is 19.1. The second-order valence-electron chi connectivity index (χ2n) is 5.98. The van der Waals surface area contributed by atoms with E-state index in [1.165, 1.54) is 12.1 Å². The molecule has 0 unspecified atom stereocenters. The van der Waals surface area contributed by atoms with Crippen LogP contribution in [0.25, 0.3) is 6.08 Å². The van der Waals surface area contributed by atoms with Gasteiger partial charge in [0.25, 0.3) is 5.91 Å². The molecule has 1 amide bonds. The Morgan fingerprint density at radius 1 is 1.25 bits per heavy atom. The molecule has 1 atom stereocenters. The second-order valence-corrected chi connectivity index (χ2v) is 5.98. The molecule has 2 aromatic carbocycles. The van der Waals surface area contributed by atoms with Gasteiger partial charge < -0.3 is 9.64 Å². The predicted octanol–water partition coefficient (Wildman–Crippen LogP) is 4.22. The van der Waals surface area contributed by atoms with Gasteiger partial charge in [0.05, 0.1) is 7.11 Å². The molecule has 0 aliphatic carbocycles. The molecule has 24 heavy (non-hydrogen) atoms. The van der Waals surface area contributed by atoms with Crippen molar-refractivity contribution >= 4 is 17.7 Å². The van der Waals surface area contributed by atoms with Gasteiger partial charge in [-0.2, -0.15) is 0 Å². The number of anilines is 1. The number of amides is 1. The number of hydrogen-bond donors (Lipinski definition) is 0. The van der Waals surface area contributed by atoms with Gasteiger partial charge >= 0.3 is 0 Å². The van der Waals surface area contributed by atoms with Crippen molar-refractivity contribution < 1.29 is 13.9 Å². The molecule has 0 radical (unpaired) electrons. The number of carbonyl (C=O) groups excluding carboxylic acids is 1. The Bertz CT molecular complexity index is 768. The van der Waals surface area contributed by atoms with Gasteiger partial charge in [-0.1, -0.05) is 12.1 Å². The number of benzene rings is 2. The molecule has 0 spiro atoms. The monoisotopic (exact) mass is 325 g/mol.